The minimum atomic E-state index is -2.01. The molecule has 1 fully saturated rings. The molecule has 2 unspecified atom stereocenters. The predicted octanol–water partition coefficient (Wildman–Crippen LogP) is -1.71. The number of hydrogen-bond acceptors (Lipinski definition) is 4. The first-order chi connectivity index (χ1) is 5.27. The molecule has 0 spiro atoms. The highest BCUT2D eigenvalue weighted by Gasteiger charge is 2.53. The molecule has 6 heteroatoms. The number of urea groups is 1. The Morgan fingerprint density at radius 1 is 1.25 bits per heavy atom. The van der Waals surface area contributed by atoms with Gasteiger partial charge in [-0.3, -0.25) is 10.1 Å². The second-order valence-electron chi connectivity index (χ2n) is 3.05. The number of hydrogen-bond donors (Lipinski definition) is 4. The summed E-state index contributed by atoms with van der Waals surface area (Å²) < 4.78 is 0. The SMILES string of the molecule is CC1(O)NC(=O)NC(=O)C1(C)O. The minimum absolute atomic E-state index is 0.823. The molecule has 2 atom stereocenters. The lowest BCUT2D eigenvalue weighted by molar-refractivity contribution is -0.176. The first-order valence-corrected chi connectivity index (χ1v) is 3.36. The molecule has 1 aliphatic heterocycles. The Hall–Kier alpha value is -1.14. The third-order valence-corrected chi connectivity index (χ3v) is 1.97. The van der Waals surface area contributed by atoms with Gasteiger partial charge in [0.05, 0.1) is 0 Å². The maximum atomic E-state index is 11.0. The Kier molecular flexibility index (Phi) is 1.62. The van der Waals surface area contributed by atoms with Gasteiger partial charge in [0.15, 0.2) is 11.3 Å². The van der Waals surface area contributed by atoms with Crippen LogP contribution < -0.4 is 10.6 Å². The van der Waals surface area contributed by atoms with Crippen molar-refractivity contribution in [3.05, 3.63) is 0 Å². The van der Waals surface area contributed by atoms with E-state index in [9.17, 15) is 19.8 Å². The van der Waals surface area contributed by atoms with Crippen molar-refractivity contribution in [2.75, 3.05) is 0 Å². The standard InChI is InChI=1S/C6H10N2O4/c1-5(11)3(9)7-4(10)8-6(5,2)12/h11-12H,1-2H3,(H2,7,8,9,10). The van der Waals surface area contributed by atoms with Gasteiger partial charge in [-0.15, -0.1) is 0 Å². The number of aliphatic hydroxyl groups is 2. The van der Waals surface area contributed by atoms with E-state index in [1.165, 1.54) is 0 Å². The number of rotatable bonds is 0. The van der Waals surface area contributed by atoms with Crippen LogP contribution in [0.25, 0.3) is 0 Å². The van der Waals surface area contributed by atoms with E-state index in [0.717, 1.165) is 13.8 Å². The first kappa shape index (κ1) is 8.95. The van der Waals surface area contributed by atoms with Crippen LogP contribution in [0.5, 0.6) is 0 Å². The average Bonchev–Trinajstić information content (AvgIpc) is 1.82. The summed E-state index contributed by atoms with van der Waals surface area (Å²) in [4.78, 5) is 21.6. The van der Waals surface area contributed by atoms with E-state index in [1.807, 2.05) is 10.6 Å². The van der Waals surface area contributed by atoms with Crippen LogP contribution in [0.2, 0.25) is 0 Å². The van der Waals surface area contributed by atoms with E-state index in [2.05, 4.69) is 0 Å². The lowest BCUT2D eigenvalue weighted by Gasteiger charge is -2.40. The monoisotopic (exact) mass is 174 g/mol. The summed E-state index contributed by atoms with van der Waals surface area (Å²) in [6.07, 6.45) is 0. The van der Waals surface area contributed by atoms with Crippen molar-refractivity contribution in [2.45, 2.75) is 25.2 Å². The molecule has 0 aliphatic carbocycles. The molecule has 12 heavy (non-hydrogen) atoms. The summed E-state index contributed by atoms with van der Waals surface area (Å²) in [6.45, 7) is 2.26. The lowest BCUT2D eigenvalue weighted by Crippen LogP contribution is -2.74. The molecule has 1 aliphatic rings. The van der Waals surface area contributed by atoms with Crippen molar-refractivity contribution in [1.29, 1.82) is 0 Å². The fourth-order valence-electron chi connectivity index (χ4n) is 0.820. The van der Waals surface area contributed by atoms with Crippen LogP contribution in [-0.4, -0.2) is 33.5 Å². The smallest absolute Gasteiger partial charge is 0.323 e. The summed E-state index contributed by atoms with van der Waals surface area (Å²) in [5.74, 6) is -0.920. The van der Waals surface area contributed by atoms with Crippen molar-refractivity contribution in [3.63, 3.8) is 0 Å². The van der Waals surface area contributed by atoms with Crippen LogP contribution in [0.1, 0.15) is 13.8 Å². The third-order valence-electron chi connectivity index (χ3n) is 1.97. The Labute approximate surface area is 68.6 Å². The van der Waals surface area contributed by atoms with Gasteiger partial charge in [0.1, 0.15) is 0 Å². The molecule has 3 amide bonds. The van der Waals surface area contributed by atoms with Gasteiger partial charge < -0.3 is 15.5 Å². The van der Waals surface area contributed by atoms with E-state index < -0.39 is 23.3 Å². The summed E-state index contributed by atoms with van der Waals surface area (Å²) >= 11 is 0. The predicted molar refractivity (Wildman–Crippen MR) is 37.9 cm³/mol. The van der Waals surface area contributed by atoms with Gasteiger partial charge in [0.2, 0.25) is 0 Å². The molecule has 0 bridgehead atoms. The molecule has 1 saturated heterocycles. The zero-order valence-corrected chi connectivity index (χ0v) is 6.71. The molecule has 1 heterocycles. The topological polar surface area (TPSA) is 98.7 Å². The molecule has 0 aromatic carbocycles. The lowest BCUT2D eigenvalue weighted by atomic mass is 9.91. The maximum absolute atomic E-state index is 11.0. The van der Waals surface area contributed by atoms with Crippen molar-refractivity contribution >= 4 is 11.9 Å². The highest BCUT2D eigenvalue weighted by Crippen LogP contribution is 2.21. The van der Waals surface area contributed by atoms with E-state index >= 15 is 0 Å². The van der Waals surface area contributed by atoms with Crippen LogP contribution in [0.3, 0.4) is 0 Å². The average molecular weight is 174 g/mol. The number of amides is 3. The molecule has 6 nitrogen and oxygen atoms in total. The highest BCUT2D eigenvalue weighted by atomic mass is 16.4. The van der Waals surface area contributed by atoms with Crippen molar-refractivity contribution < 1.29 is 19.8 Å². The second-order valence-corrected chi connectivity index (χ2v) is 3.05. The zero-order valence-electron chi connectivity index (χ0n) is 6.71. The summed E-state index contributed by atoms with van der Waals surface area (Å²) in [5, 5.41) is 22.6. The Balaban J connectivity index is 3.02. The molecule has 0 aromatic rings. The van der Waals surface area contributed by atoms with Crippen molar-refractivity contribution in [1.82, 2.24) is 10.6 Å². The second kappa shape index (κ2) is 2.18. The third kappa shape index (κ3) is 1.05. The largest absolute Gasteiger partial charge is 0.376 e. The molecular weight excluding hydrogens is 164 g/mol. The van der Waals surface area contributed by atoms with Crippen LogP contribution in [0.15, 0.2) is 0 Å². The van der Waals surface area contributed by atoms with Crippen LogP contribution in [-0.2, 0) is 4.79 Å². The van der Waals surface area contributed by atoms with E-state index in [-0.39, 0.29) is 0 Å². The van der Waals surface area contributed by atoms with Gasteiger partial charge in [-0.05, 0) is 13.8 Å². The normalized spacial score (nSPS) is 42.0. The minimum Gasteiger partial charge on any atom is -0.376 e. The molecule has 1 rings (SSSR count). The maximum Gasteiger partial charge on any atom is 0.323 e. The first-order valence-electron chi connectivity index (χ1n) is 3.36. The van der Waals surface area contributed by atoms with Crippen LogP contribution in [0, 0.1) is 0 Å². The fraction of sp³-hybridized carbons (Fsp3) is 0.667. The van der Waals surface area contributed by atoms with E-state index in [1.54, 1.807) is 0 Å². The molecular formula is C6H10N2O4. The fourth-order valence-corrected chi connectivity index (χ4v) is 0.820. The molecule has 0 saturated carbocycles. The summed E-state index contributed by atoms with van der Waals surface area (Å²) in [5.41, 5.74) is -3.95. The van der Waals surface area contributed by atoms with Gasteiger partial charge in [-0.2, -0.15) is 0 Å². The van der Waals surface area contributed by atoms with E-state index in [4.69, 9.17) is 0 Å². The van der Waals surface area contributed by atoms with Crippen LogP contribution in [0.4, 0.5) is 4.79 Å². The quantitative estimate of drug-likeness (QED) is 0.351. The molecule has 0 radical (unpaired) electrons. The van der Waals surface area contributed by atoms with E-state index in [0.29, 0.717) is 0 Å². The Morgan fingerprint density at radius 3 is 2.17 bits per heavy atom. The zero-order chi connectivity index (χ0) is 9.57. The Bertz CT molecular complexity index is 246. The van der Waals surface area contributed by atoms with Gasteiger partial charge in [0, 0.05) is 0 Å². The summed E-state index contributed by atoms with van der Waals surface area (Å²) in [7, 11) is 0. The Morgan fingerprint density at radius 2 is 1.75 bits per heavy atom. The molecule has 0 aromatic heterocycles. The molecule has 68 valence electrons. The highest BCUT2D eigenvalue weighted by molar-refractivity contribution is 6.02. The molecule has 4 N–H and O–H groups in total. The van der Waals surface area contributed by atoms with Gasteiger partial charge in [0.25, 0.3) is 5.91 Å². The summed E-state index contributed by atoms with van der Waals surface area (Å²) in [6, 6.07) is -0.823. The van der Waals surface area contributed by atoms with Crippen molar-refractivity contribution in [3.8, 4) is 0 Å². The van der Waals surface area contributed by atoms with Crippen molar-refractivity contribution in [2.24, 2.45) is 0 Å². The van der Waals surface area contributed by atoms with Gasteiger partial charge >= 0.3 is 6.03 Å². The van der Waals surface area contributed by atoms with Gasteiger partial charge in [-0.1, -0.05) is 0 Å². The number of imide groups is 1. The number of nitrogens with one attached hydrogen (secondary N) is 2. The van der Waals surface area contributed by atoms with Crippen LogP contribution >= 0.6 is 0 Å². The number of carbonyl (C=O) groups is 2. The number of carbonyl (C=O) groups excluding carboxylic acids is 2. The van der Waals surface area contributed by atoms with Gasteiger partial charge in [-0.25, -0.2) is 4.79 Å².